The minimum atomic E-state index is 0.398. The molecule has 8 nitrogen and oxygen atoms in total. The molecule has 0 amide bonds. The zero-order valence-electron chi connectivity index (χ0n) is 15.9. The van der Waals surface area contributed by atoms with E-state index in [4.69, 9.17) is 9.52 Å². The van der Waals surface area contributed by atoms with Crippen LogP contribution >= 0.6 is 11.8 Å². The molecular weight excluding hydrogens is 398 g/mol. The highest BCUT2D eigenvalue weighted by atomic mass is 32.2. The second kappa shape index (κ2) is 8.34. The van der Waals surface area contributed by atoms with Crippen molar-refractivity contribution in [2.75, 3.05) is 0 Å². The molecule has 3 aromatic heterocycles. The highest BCUT2D eigenvalue weighted by molar-refractivity contribution is 7.98. The standard InChI is InChI=1S/C21H17N7OS/c1-3-7-16(8-4-1)20-17(11-28(26-20)18-9-5-2-6-10-18)13-30-21-25-24-19(29-21)12-27-15-22-14-23-27/h1-11,14-15H,12-13H2. The summed E-state index contributed by atoms with van der Waals surface area (Å²) >= 11 is 1.49. The van der Waals surface area contributed by atoms with Crippen LogP contribution < -0.4 is 0 Å². The smallest absolute Gasteiger partial charge is 0.276 e. The second-order valence-corrected chi connectivity index (χ2v) is 7.42. The number of hydrogen-bond acceptors (Lipinski definition) is 7. The van der Waals surface area contributed by atoms with Gasteiger partial charge in [-0.2, -0.15) is 10.2 Å². The van der Waals surface area contributed by atoms with Gasteiger partial charge in [0.25, 0.3) is 5.22 Å². The Labute approximate surface area is 176 Å². The number of para-hydroxylation sites is 1. The van der Waals surface area contributed by atoms with Gasteiger partial charge in [0.1, 0.15) is 19.2 Å². The summed E-state index contributed by atoms with van der Waals surface area (Å²) in [6.45, 7) is 0.398. The van der Waals surface area contributed by atoms with Gasteiger partial charge < -0.3 is 4.42 Å². The maximum absolute atomic E-state index is 5.74. The number of hydrogen-bond donors (Lipinski definition) is 0. The van der Waals surface area contributed by atoms with Crippen LogP contribution in [0.5, 0.6) is 0 Å². The Bertz CT molecular complexity index is 1220. The lowest BCUT2D eigenvalue weighted by atomic mass is 10.1. The Morgan fingerprint density at radius 3 is 2.50 bits per heavy atom. The van der Waals surface area contributed by atoms with E-state index in [1.165, 1.54) is 18.1 Å². The molecule has 148 valence electrons. The first kappa shape index (κ1) is 18.3. The topological polar surface area (TPSA) is 87.5 Å². The number of aromatic nitrogens is 7. The van der Waals surface area contributed by atoms with Gasteiger partial charge in [0, 0.05) is 23.1 Å². The van der Waals surface area contributed by atoms with E-state index >= 15 is 0 Å². The van der Waals surface area contributed by atoms with Gasteiger partial charge in [-0.25, -0.2) is 14.3 Å². The van der Waals surface area contributed by atoms with Crippen LogP contribution in [0.3, 0.4) is 0 Å². The SMILES string of the molecule is c1ccc(-c2nn(-c3ccccc3)cc2CSc2nnc(Cn3cncn3)o2)cc1. The van der Waals surface area contributed by atoms with Crippen molar-refractivity contribution < 1.29 is 4.42 Å². The quantitative estimate of drug-likeness (QED) is 0.373. The van der Waals surface area contributed by atoms with Crippen molar-refractivity contribution in [3.63, 3.8) is 0 Å². The minimum Gasteiger partial charge on any atom is -0.414 e. The molecule has 2 aromatic carbocycles. The van der Waals surface area contributed by atoms with E-state index in [1.54, 1.807) is 11.0 Å². The third-order valence-corrected chi connectivity index (χ3v) is 5.29. The molecule has 5 rings (SSSR count). The van der Waals surface area contributed by atoms with Gasteiger partial charge >= 0.3 is 0 Å². The van der Waals surface area contributed by atoms with Crippen molar-refractivity contribution in [1.82, 2.24) is 34.7 Å². The molecule has 0 aliphatic carbocycles. The number of benzene rings is 2. The predicted molar refractivity (Wildman–Crippen MR) is 112 cm³/mol. The summed E-state index contributed by atoms with van der Waals surface area (Å²) < 4.78 is 9.28. The van der Waals surface area contributed by atoms with Crippen molar-refractivity contribution in [2.24, 2.45) is 0 Å². The lowest BCUT2D eigenvalue weighted by molar-refractivity contribution is 0.397. The fraction of sp³-hybridized carbons (Fsp3) is 0.0952. The van der Waals surface area contributed by atoms with Crippen molar-refractivity contribution in [3.8, 4) is 16.9 Å². The Morgan fingerprint density at radius 2 is 1.73 bits per heavy atom. The molecule has 0 spiro atoms. The molecule has 0 N–H and O–H groups in total. The Hall–Kier alpha value is -3.72. The van der Waals surface area contributed by atoms with Crippen molar-refractivity contribution >= 4 is 11.8 Å². The first-order valence-corrected chi connectivity index (χ1v) is 10.3. The average molecular weight is 415 g/mol. The predicted octanol–water partition coefficient (Wildman–Crippen LogP) is 3.85. The molecule has 5 aromatic rings. The minimum absolute atomic E-state index is 0.398. The van der Waals surface area contributed by atoms with Crippen LogP contribution in [0.4, 0.5) is 0 Å². The van der Waals surface area contributed by atoms with Crippen LogP contribution in [-0.4, -0.2) is 34.7 Å². The Morgan fingerprint density at radius 1 is 0.933 bits per heavy atom. The first-order chi connectivity index (χ1) is 14.8. The summed E-state index contributed by atoms with van der Waals surface area (Å²) in [6, 6.07) is 20.2. The molecule has 0 saturated heterocycles. The van der Waals surface area contributed by atoms with Gasteiger partial charge in [-0.3, -0.25) is 0 Å². The van der Waals surface area contributed by atoms with Crippen LogP contribution in [0.1, 0.15) is 11.5 Å². The molecule has 9 heteroatoms. The zero-order valence-corrected chi connectivity index (χ0v) is 16.7. The second-order valence-electron chi connectivity index (χ2n) is 6.49. The zero-order chi connectivity index (χ0) is 20.2. The summed E-state index contributed by atoms with van der Waals surface area (Å²) in [7, 11) is 0. The lowest BCUT2D eigenvalue weighted by Gasteiger charge is -2.01. The summed E-state index contributed by atoms with van der Waals surface area (Å²) in [5, 5.41) is 17.6. The van der Waals surface area contributed by atoms with E-state index in [2.05, 4.69) is 38.6 Å². The number of thioether (sulfide) groups is 1. The van der Waals surface area contributed by atoms with Crippen LogP contribution in [0.15, 0.2) is 89.2 Å². The van der Waals surface area contributed by atoms with Crippen LogP contribution in [-0.2, 0) is 12.3 Å². The maximum atomic E-state index is 5.74. The van der Waals surface area contributed by atoms with Gasteiger partial charge in [-0.05, 0) is 12.1 Å². The van der Waals surface area contributed by atoms with E-state index in [0.717, 1.165) is 22.5 Å². The van der Waals surface area contributed by atoms with E-state index < -0.39 is 0 Å². The van der Waals surface area contributed by atoms with E-state index in [1.807, 2.05) is 53.2 Å². The molecule has 0 radical (unpaired) electrons. The third-order valence-electron chi connectivity index (χ3n) is 4.42. The monoisotopic (exact) mass is 415 g/mol. The van der Waals surface area contributed by atoms with Crippen LogP contribution in [0, 0.1) is 0 Å². The third kappa shape index (κ3) is 4.01. The largest absolute Gasteiger partial charge is 0.414 e. The van der Waals surface area contributed by atoms with Gasteiger partial charge in [-0.15, -0.1) is 10.2 Å². The van der Waals surface area contributed by atoms with Crippen LogP contribution in [0.25, 0.3) is 16.9 Å². The lowest BCUT2D eigenvalue weighted by Crippen LogP contribution is -1.99. The highest BCUT2D eigenvalue weighted by Gasteiger charge is 2.15. The summed E-state index contributed by atoms with van der Waals surface area (Å²) in [6.07, 6.45) is 5.14. The van der Waals surface area contributed by atoms with E-state index in [0.29, 0.717) is 23.4 Å². The van der Waals surface area contributed by atoms with Crippen molar-refractivity contribution in [2.45, 2.75) is 17.5 Å². The number of nitrogens with zero attached hydrogens (tertiary/aromatic N) is 7. The molecule has 0 saturated carbocycles. The van der Waals surface area contributed by atoms with E-state index in [-0.39, 0.29) is 0 Å². The molecule has 0 atom stereocenters. The maximum Gasteiger partial charge on any atom is 0.276 e. The Kier molecular flexibility index (Phi) is 5.09. The molecule has 0 aliphatic heterocycles. The van der Waals surface area contributed by atoms with Gasteiger partial charge in [-0.1, -0.05) is 60.3 Å². The van der Waals surface area contributed by atoms with Gasteiger partial charge in [0.15, 0.2) is 0 Å². The molecular formula is C21H17N7OS. The average Bonchev–Trinajstić information content (AvgIpc) is 3.55. The fourth-order valence-electron chi connectivity index (χ4n) is 3.02. The molecule has 30 heavy (non-hydrogen) atoms. The summed E-state index contributed by atoms with van der Waals surface area (Å²) in [4.78, 5) is 3.91. The molecule has 0 fully saturated rings. The normalized spacial score (nSPS) is 11.1. The Balaban J connectivity index is 1.38. The summed E-state index contributed by atoms with van der Waals surface area (Å²) in [5.74, 6) is 1.15. The highest BCUT2D eigenvalue weighted by Crippen LogP contribution is 2.29. The molecule has 0 bridgehead atoms. The molecule has 3 heterocycles. The molecule has 0 unspecified atom stereocenters. The first-order valence-electron chi connectivity index (χ1n) is 9.32. The van der Waals surface area contributed by atoms with Gasteiger partial charge in [0.05, 0.1) is 11.4 Å². The van der Waals surface area contributed by atoms with E-state index in [9.17, 15) is 0 Å². The van der Waals surface area contributed by atoms with Crippen molar-refractivity contribution in [3.05, 3.63) is 91.0 Å². The van der Waals surface area contributed by atoms with Crippen LogP contribution in [0.2, 0.25) is 0 Å². The van der Waals surface area contributed by atoms with Crippen molar-refractivity contribution in [1.29, 1.82) is 0 Å². The fourth-order valence-corrected chi connectivity index (χ4v) is 3.76. The van der Waals surface area contributed by atoms with Gasteiger partial charge in [0.2, 0.25) is 5.89 Å². The number of rotatable bonds is 7. The molecule has 0 aliphatic rings. The summed E-state index contributed by atoms with van der Waals surface area (Å²) in [5.41, 5.74) is 4.11.